The smallest absolute Gasteiger partial charge is 0.0264 e. The maximum absolute atomic E-state index is 3.99. The van der Waals surface area contributed by atoms with Gasteiger partial charge < -0.3 is 0 Å². The molecule has 0 aliphatic carbocycles. The Balaban J connectivity index is 3.60. The van der Waals surface area contributed by atoms with Crippen LogP contribution >= 0.6 is 0 Å². The zero-order valence-corrected chi connectivity index (χ0v) is 6.26. The molecular weight excluding hydrogens is 110 g/mol. The van der Waals surface area contributed by atoms with Crippen LogP contribution < -0.4 is 0 Å². The lowest BCUT2D eigenvalue weighted by molar-refractivity contribution is 1.34. The topological polar surface area (TPSA) is 12.4 Å². The van der Waals surface area contributed by atoms with E-state index in [1.165, 1.54) is 5.57 Å². The van der Waals surface area contributed by atoms with Crippen LogP contribution in [0.4, 0.5) is 0 Å². The Morgan fingerprint density at radius 1 is 1.33 bits per heavy atom. The number of hydrogen-bond donors (Lipinski definition) is 0. The van der Waals surface area contributed by atoms with Crippen LogP contribution in [0.25, 0.3) is 0 Å². The highest BCUT2D eigenvalue weighted by atomic mass is 14.7. The Morgan fingerprint density at radius 3 is 2.44 bits per heavy atom. The van der Waals surface area contributed by atoms with Crippen molar-refractivity contribution in [2.45, 2.75) is 20.8 Å². The van der Waals surface area contributed by atoms with Gasteiger partial charge in [0.1, 0.15) is 0 Å². The second-order valence-electron chi connectivity index (χ2n) is 2.03. The molecule has 9 heavy (non-hydrogen) atoms. The van der Waals surface area contributed by atoms with Gasteiger partial charge in [0.25, 0.3) is 0 Å². The number of aliphatic imine (C=N–C) groups is 1. The second-order valence-corrected chi connectivity index (χ2v) is 2.03. The van der Waals surface area contributed by atoms with Gasteiger partial charge in [-0.15, -0.1) is 0 Å². The molecule has 1 heteroatoms. The van der Waals surface area contributed by atoms with Crippen molar-refractivity contribution in [2.24, 2.45) is 4.99 Å². The first-order valence-corrected chi connectivity index (χ1v) is 3.05. The second kappa shape index (κ2) is 5.29. The van der Waals surface area contributed by atoms with Crippen molar-refractivity contribution in [3.63, 3.8) is 0 Å². The monoisotopic (exact) mass is 123 g/mol. The summed E-state index contributed by atoms with van der Waals surface area (Å²) in [4.78, 5) is 3.99. The molecule has 0 spiro atoms. The van der Waals surface area contributed by atoms with E-state index in [1.807, 2.05) is 39.1 Å². The van der Waals surface area contributed by atoms with E-state index in [0.717, 1.165) is 0 Å². The summed E-state index contributed by atoms with van der Waals surface area (Å²) in [7, 11) is 0. The molecule has 0 bridgehead atoms. The van der Waals surface area contributed by atoms with Crippen molar-refractivity contribution in [2.75, 3.05) is 0 Å². The molecule has 0 fully saturated rings. The standard InChI is InChI=1S/C8H13N/c1-4-5-6-9-7-8(2)3/h4-7H,1-3H3/b5-4-,9-6?. The van der Waals surface area contributed by atoms with Crippen LogP contribution in [0.1, 0.15) is 20.8 Å². The first-order valence-electron chi connectivity index (χ1n) is 3.05. The Hall–Kier alpha value is -0.850. The molecule has 0 unspecified atom stereocenters. The summed E-state index contributed by atoms with van der Waals surface area (Å²) in [6.45, 7) is 6.01. The molecule has 0 heterocycles. The van der Waals surface area contributed by atoms with Crippen molar-refractivity contribution >= 4 is 6.21 Å². The molecule has 0 aliphatic heterocycles. The highest BCUT2D eigenvalue weighted by Gasteiger charge is 1.67. The van der Waals surface area contributed by atoms with Crippen LogP contribution in [0.15, 0.2) is 28.9 Å². The SMILES string of the molecule is C/C=C\C=NC=C(C)C. The fourth-order valence-corrected chi connectivity index (χ4v) is 0.328. The minimum absolute atomic E-state index is 1.22. The van der Waals surface area contributed by atoms with E-state index in [2.05, 4.69) is 4.99 Å². The molecule has 1 nitrogen and oxygen atoms in total. The molecule has 0 N–H and O–H groups in total. The molecular formula is C8H13N. The highest BCUT2D eigenvalue weighted by Crippen LogP contribution is 1.86. The van der Waals surface area contributed by atoms with Crippen molar-refractivity contribution in [3.8, 4) is 0 Å². The summed E-state index contributed by atoms with van der Waals surface area (Å²) in [5.74, 6) is 0. The van der Waals surface area contributed by atoms with Gasteiger partial charge in [0.2, 0.25) is 0 Å². The van der Waals surface area contributed by atoms with Crippen molar-refractivity contribution in [1.82, 2.24) is 0 Å². The summed E-state index contributed by atoms with van der Waals surface area (Å²) >= 11 is 0. The van der Waals surface area contributed by atoms with E-state index in [9.17, 15) is 0 Å². The van der Waals surface area contributed by atoms with Crippen LogP contribution in [0, 0.1) is 0 Å². The summed E-state index contributed by atoms with van der Waals surface area (Å²) < 4.78 is 0. The van der Waals surface area contributed by atoms with E-state index < -0.39 is 0 Å². The average molecular weight is 123 g/mol. The van der Waals surface area contributed by atoms with Crippen LogP contribution in [0.3, 0.4) is 0 Å². The lowest BCUT2D eigenvalue weighted by Gasteiger charge is -1.79. The van der Waals surface area contributed by atoms with Crippen LogP contribution in [-0.2, 0) is 0 Å². The number of hydrogen-bond acceptors (Lipinski definition) is 1. The maximum Gasteiger partial charge on any atom is 0.0264 e. The van der Waals surface area contributed by atoms with Gasteiger partial charge in [0.15, 0.2) is 0 Å². The molecule has 0 radical (unpaired) electrons. The predicted octanol–water partition coefficient (Wildman–Crippen LogP) is 2.56. The first kappa shape index (κ1) is 8.15. The molecule has 0 aliphatic rings. The summed E-state index contributed by atoms with van der Waals surface area (Å²) in [5.41, 5.74) is 1.22. The van der Waals surface area contributed by atoms with Crippen molar-refractivity contribution in [1.29, 1.82) is 0 Å². The number of rotatable bonds is 2. The van der Waals surface area contributed by atoms with Crippen molar-refractivity contribution in [3.05, 3.63) is 23.9 Å². The minimum Gasteiger partial charge on any atom is -0.265 e. The third kappa shape index (κ3) is 7.15. The zero-order valence-electron chi connectivity index (χ0n) is 6.26. The van der Waals surface area contributed by atoms with E-state index in [1.54, 1.807) is 6.21 Å². The summed E-state index contributed by atoms with van der Waals surface area (Å²) in [5, 5.41) is 0. The lowest BCUT2D eigenvalue weighted by Crippen LogP contribution is -1.62. The Kier molecular flexibility index (Phi) is 4.79. The lowest BCUT2D eigenvalue weighted by atomic mass is 10.4. The zero-order chi connectivity index (χ0) is 7.11. The number of nitrogens with zero attached hydrogens (tertiary/aromatic N) is 1. The Morgan fingerprint density at radius 2 is 2.00 bits per heavy atom. The molecule has 0 aromatic rings. The fourth-order valence-electron chi connectivity index (χ4n) is 0.328. The molecule has 0 amide bonds. The maximum atomic E-state index is 3.99. The van der Waals surface area contributed by atoms with Gasteiger partial charge in [-0.2, -0.15) is 0 Å². The summed E-state index contributed by atoms with van der Waals surface area (Å²) in [6, 6.07) is 0. The Bertz CT molecular complexity index is 137. The van der Waals surface area contributed by atoms with E-state index in [4.69, 9.17) is 0 Å². The van der Waals surface area contributed by atoms with Gasteiger partial charge >= 0.3 is 0 Å². The van der Waals surface area contributed by atoms with Crippen LogP contribution in [0.2, 0.25) is 0 Å². The van der Waals surface area contributed by atoms with Crippen LogP contribution in [0.5, 0.6) is 0 Å². The molecule has 0 aromatic carbocycles. The van der Waals surface area contributed by atoms with Gasteiger partial charge in [-0.3, -0.25) is 4.99 Å². The minimum atomic E-state index is 1.22. The number of allylic oxidation sites excluding steroid dienone is 3. The largest absolute Gasteiger partial charge is 0.265 e. The van der Waals surface area contributed by atoms with Gasteiger partial charge in [0, 0.05) is 12.4 Å². The third-order valence-corrected chi connectivity index (χ3v) is 0.697. The predicted molar refractivity (Wildman–Crippen MR) is 42.7 cm³/mol. The first-order chi connectivity index (χ1) is 4.27. The summed E-state index contributed by atoms with van der Waals surface area (Å²) in [6.07, 6.45) is 7.45. The van der Waals surface area contributed by atoms with Crippen LogP contribution in [-0.4, -0.2) is 6.21 Å². The van der Waals surface area contributed by atoms with E-state index >= 15 is 0 Å². The Labute approximate surface area is 56.8 Å². The van der Waals surface area contributed by atoms with Gasteiger partial charge in [-0.25, -0.2) is 0 Å². The fraction of sp³-hybridized carbons (Fsp3) is 0.375. The third-order valence-electron chi connectivity index (χ3n) is 0.697. The molecule has 0 saturated carbocycles. The molecule has 50 valence electrons. The molecule has 0 atom stereocenters. The highest BCUT2D eigenvalue weighted by molar-refractivity contribution is 5.71. The van der Waals surface area contributed by atoms with Gasteiger partial charge in [-0.05, 0) is 26.8 Å². The molecule has 0 aromatic heterocycles. The normalized spacial score (nSPS) is 11.0. The average Bonchev–Trinajstić information content (AvgIpc) is 1.80. The molecule has 0 rings (SSSR count). The quantitative estimate of drug-likeness (QED) is 0.500. The van der Waals surface area contributed by atoms with Gasteiger partial charge in [0.05, 0.1) is 0 Å². The van der Waals surface area contributed by atoms with E-state index in [-0.39, 0.29) is 0 Å². The van der Waals surface area contributed by atoms with E-state index in [0.29, 0.717) is 0 Å². The van der Waals surface area contributed by atoms with Crippen molar-refractivity contribution < 1.29 is 0 Å². The molecule has 0 saturated heterocycles. The van der Waals surface area contributed by atoms with Gasteiger partial charge in [-0.1, -0.05) is 11.6 Å².